The SMILES string of the molecule is CC(C)(C)c1cc(C(C)(C)C)c2nc(-c3ccccc3)c(-c3ccccc3)nc2n1. The molecule has 2 aromatic carbocycles. The highest BCUT2D eigenvalue weighted by Gasteiger charge is 2.26. The van der Waals surface area contributed by atoms with Crippen molar-refractivity contribution in [2.24, 2.45) is 0 Å². The lowest BCUT2D eigenvalue weighted by Gasteiger charge is -2.25. The molecule has 2 aromatic heterocycles. The van der Waals surface area contributed by atoms with E-state index in [-0.39, 0.29) is 10.8 Å². The highest BCUT2D eigenvalue weighted by atomic mass is 14.9. The number of hydrogen-bond donors (Lipinski definition) is 0. The first-order chi connectivity index (χ1) is 14.1. The summed E-state index contributed by atoms with van der Waals surface area (Å²) in [6.45, 7) is 13.3. The molecule has 30 heavy (non-hydrogen) atoms. The first-order valence-corrected chi connectivity index (χ1v) is 10.5. The minimum atomic E-state index is -0.0713. The van der Waals surface area contributed by atoms with Crippen molar-refractivity contribution in [2.75, 3.05) is 0 Å². The average molecular weight is 396 g/mol. The minimum Gasteiger partial charge on any atom is -0.242 e. The van der Waals surface area contributed by atoms with Crippen molar-refractivity contribution in [1.29, 1.82) is 0 Å². The van der Waals surface area contributed by atoms with Gasteiger partial charge < -0.3 is 0 Å². The number of nitrogens with zero attached hydrogens (tertiary/aromatic N) is 3. The van der Waals surface area contributed by atoms with Gasteiger partial charge in [0, 0.05) is 22.2 Å². The van der Waals surface area contributed by atoms with E-state index < -0.39 is 0 Å². The molecule has 3 nitrogen and oxygen atoms in total. The summed E-state index contributed by atoms with van der Waals surface area (Å²) in [5.41, 5.74) is 7.55. The van der Waals surface area contributed by atoms with Gasteiger partial charge in [-0.1, -0.05) is 102 Å². The molecule has 0 aliphatic heterocycles. The van der Waals surface area contributed by atoms with E-state index >= 15 is 0 Å². The summed E-state index contributed by atoms with van der Waals surface area (Å²) in [5.74, 6) is 0. The summed E-state index contributed by atoms with van der Waals surface area (Å²) < 4.78 is 0. The number of aromatic nitrogens is 3. The standard InChI is InChI=1S/C27H29N3/c1-26(2,3)20-17-21(27(4,5)6)28-25-24(20)29-22(18-13-9-7-10-14-18)23(30-25)19-15-11-8-12-16-19/h7-17H,1-6H3. The predicted molar refractivity (Wildman–Crippen MR) is 126 cm³/mol. The summed E-state index contributed by atoms with van der Waals surface area (Å²) in [4.78, 5) is 15.3. The number of hydrogen-bond acceptors (Lipinski definition) is 3. The molecular formula is C27H29N3. The van der Waals surface area contributed by atoms with Crippen molar-refractivity contribution in [3.8, 4) is 22.5 Å². The molecule has 152 valence electrons. The zero-order chi connectivity index (χ0) is 21.5. The van der Waals surface area contributed by atoms with E-state index in [9.17, 15) is 0 Å². The fraction of sp³-hybridized carbons (Fsp3) is 0.296. The molecule has 0 atom stereocenters. The zero-order valence-electron chi connectivity index (χ0n) is 18.7. The van der Waals surface area contributed by atoms with Crippen molar-refractivity contribution < 1.29 is 0 Å². The zero-order valence-corrected chi connectivity index (χ0v) is 18.7. The number of benzene rings is 2. The Balaban J connectivity index is 2.12. The Hall–Kier alpha value is -3.07. The number of pyridine rings is 1. The van der Waals surface area contributed by atoms with Crippen LogP contribution in [0.25, 0.3) is 33.7 Å². The van der Waals surface area contributed by atoms with Gasteiger partial charge in [-0.2, -0.15) is 0 Å². The third-order valence-corrected chi connectivity index (χ3v) is 5.31. The monoisotopic (exact) mass is 395 g/mol. The predicted octanol–water partition coefficient (Wildman–Crippen LogP) is 6.95. The van der Waals surface area contributed by atoms with E-state index in [1.54, 1.807) is 0 Å². The van der Waals surface area contributed by atoms with Gasteiger partial charge in [0.1, 0.15) is 5.52 Å². The third kappa shape index (κ3) is 3.85. The van der Waals surface area contributed by atoms with Crippen LogP contribution in [-0.4, -0.2) is 15.0 Å². The van der Waals surface area contributed by atoms with E-state index in [2.05, 4.69) is 71.9 Å². The maximum Gasteiger partial charge on any atom is 0.179 e. The van der Waals surface area contributed by atoms with E-state index in [0.29, 0.717) is 5.65 Å². The van der Waals surface area contributed by atoms with Gasteiger partial charge in [0.25, 0.3) is 0 Å². The fourth-order valence-corrected chi connectivity index (χ4v) is 3.59. The molecule has 0 unspecified atom stereocenters. The van der Waals surface area contributed by atoms with Gasteiger partial charge in [0.05, 0.1) is 11.4 Å². The second-order valence-electron chi connectivity index (χ2n) is 9.88. The van der Waals surface area contributed by atoms with Crippen LogP contribution in [-0.2, 0) is 10.8 Å². The van der Waals surface area contributed by atoms with Gasteiger partial charge in [0.15, 0.2) is 5.65 Å². The van der Waals surface area contributed by atoms with Crippen molar-refractivity contribution in [2.45, 2.75) is 52.4 Å². The molecule has 0 amide bonds. The van der Waals surface area contributed by atoms with Crippen molar-refractivity contribution in [1.82, 2.24) is 15.0 Å². The summed E-state index contributed by atoms with van der Waals surface area (Å²) in [7, 11) is 0. The first kappa shape index (κ1) is 20.2. The van der Waals surface area contributed by atoms with Crippen LogP contribution < -0.4 is 0 Å². The Morgan fingerprint density at radius 1 is 0.567 bits per heavy atom. The largest absolute Gasteiger partial charge is 0.242 e. The van der Waals surface area contributed by atoms with Crippen molar-refractivity contribution in [3.05, 3.63) is 78.0 Å². The number of fused-ring (bicyclic) bond motifs is 1. The summed E-state index contributed by atoms with van der Waals surface area (Å²) in [6.07, 6.45) is 0. The summed E-state index contributed by atoms with van der Waals surface area (Å²) in [6, 6.07) is 22.8. The molecule has 0 aliphatic carbocycles. The van der Waals surface area contributed by atoms with E-state index in [1.807, 2.05) is 36.4 Å². The Labute approximate surface area is 179 Å². The van der Waals surface area contributed by atoms with Crippen molar-refractivity contribution >= 4 is 11.2 Å². The van der Waals surface area contributed by atoms with Crippen LogP contribution in [0, 0.1) is 0 Å². The smallest absolute Gasteiger partial charge is 0.179 e. The van der Waals surface area contributed by atoms with Gasteiger partial charge >= 0.3 is 0 Å². The van der Waals surface area contributed by atoms with Gasteiger partial charge in [-0.05, 0) is 17.0 Å². The first-order valence-electron chi connectivity index (χ1n) is 10.5. The lowest BCUT2D eigenvalue weighted by atomic mass is 9.83. The number of rotatable bonds is 2. The molecule has 4 aromatic rings. The van der Waals surface area contributed by atoms with Crippen LogP contribution in [0.4, 0.5) is 0 Å². The minimum absolute atomic E-state index is 0.0686. The Morgan fingerprint density at radius 2 is 1.07 bits per heavy atom. The highest BCUT2D eigenvalue weighted by molar-refractivity contribution is 5.86. The quantitative estimate of drug-likeness (QED) is 0.368. The topological polar surface area (TPSA) is 38.7 Å². The molecule has 0 spiro atoms. The van der Waals surface area contributed by atoms with Crippen molar-refractivity contribution in [3.63, 3.8) is 0 Å². The molecule has 2 heterocycles. The molecule has 0 aliphatic rings. The van der Waals surface area contributed by atoms with E-state index in [4.69, 9.17) is 15.0 Å². The fourth-order valence-electron chi connectivity index (χ4n) is 3.59. The highest BCUT2D eigenvalue weighted by Crippen LogP contribution is 2.36. The van der Waals surface area contributed by atoms with Crippen LogP contribution >= 0.6 is 0 Å². The maximum atomic E-state index is 5.19. The van der Waals surface area contributed by atoms with Gasteiger partial charge in [-0.25, -0.2) is 15.0 Å². The molecule has 3 heteroatoms. The summed E-state index contributed by atoms with van der Waals surface area (Å²) >= 11 is 0. The maximum absolute atomic E-state index is 5.19. The van der Waals surface area contributed by atoms with Gasteiger partial charge in [-0.15, -0.1) is 0 Å². The molecule has 0 N–H and O–H groups in total. The van der Waals surface area contributed by atoms with E-state index in [0.717, 1.165) is 33.7 Å². The lowest BCUT2D eigenvalue weighted by molar-refractivity contribution is 0.556. The molecule has 0 bridgehead atoms. The van der Waals surface area contributed by atoms with Crippen LogP contribution in [0.1, 0.15) is 52.8 Å². The Kier molecular flexibility index (Phi) is 4.93. The molecule has 0 saturated carbocycles. The molecule has 0 fully saturated rings. The van der Waals surface area contributed by atoms with Crippen LogP contribution in [0.5, 0.6) is 0 Å². The molecule has 0 saturated heterocycles. The van der Waals surface area contributed by atoms with Crippen LogP contribution in [0.2, 0.25) is 0 Å². The molecule has 4 rings (SSSR count). The molecule has 0 radical (unpaired) electrons. The second kappa shape index (κ2) is 7.32. The average Bonchev–Trinajstić information content (AvgIpc) is 2.72. The van der Waals surface area contributed by atoms with Crippen LogP contribution in [0.3, 0.4) is 0 Å². The van der Waals surface area contributed by atoms with Gasteiger partial charge in [-0.3, -0.25) is 0 Å². The lowest BCUT2D eigenvalue weighted by Crippen LogP contribution is -2.19. The van der Waals surface area contributed by atoms with Gasteiger partial charge in [0.2, 0.25) is 0 Å². The Morgan fingerprint density at radius 3 is 1.53 bits per heavy atom. The second-order valence-corrected chi connectivity index (χ2v) is 9.88. The van der Waals surface area contributed by atoms with E-state index in [1.165, 1.54) is 5.56 Å². The molecular weight excluding hydrogens is 366 g/mol. The Bertz CT molecular complexity index is 1180. The third-order valence-electron chi connectivity index (χ3n) is 5.31. The summed E-state index contributed by atoms with van der Waals surface area (Å²) in [5, 5.41) is 0. The van der Waals surface area contributed by atoms with Crippen LogP contribution in [0.15, 0.2) is 66.7 Å². The normalized spacial score (nSPS) is 12.3.